The Morgan fingerprint density at radius 2 is 1.86 bits per heavy atom. The molecule has 0 spiro atoms. The Hall–Kier alpha value is -2.69. The molecule has 2 N–H and O–H groups in total. The Morgan fingerprint density at radius 3 is 2.50 bits per heavy atom. The summed E-state index contributed by atoms with van der Waals surface area (Å²) in [7, 11) is -3.76. The second kappa shape index (κ2) is 7.74. The Morgan fingerprint density at radius 1 is 1.18 bits per heavy atom. The van der Waals surface area contributed by atoms with Gasteiger partial charge >= 0.3 is 0 Å². The maximum absolute atomic E-state index is 12.7. The highest BCUT2D eigenvalue weighted by Crippen LogP contribution is 2.31. The molecule has 1 aliphatic heterocycles. The molecule has 9 nitrogen and oxygen atoms in total. The van der Waals surface area contributed by atoms with Gasteiger partial charge in [-0.05, 0) is 43.2 Å². The molecule has 1 saturated heterocycles. The van der Waals surface area contributed by atoms with E-state index in [2.05, 4.69) is 5.32 Å². The van der Waals surface area contributed by atoms with E-state index in [9.17, 15) is 28.4 Å². The number of hydrogen-bond donors (Lipinski definition) is 2. The van der Waals surface area contributed by atoms with E-state index >= 15 is 0 Å². The van der Waals surface area contributed by atoms with Crippen LogP contribution in [0.3, 0.4) is 0 Å². The molecule has 2 aromatic carbocycles. The summed E-state index contributed by atoms with van der Waals surface area (Å²) in [6, 6.07) is 7.04. The number of carbonyl (C=O) groups is 1. The van der Waals surface area contributed by atoms with Crippen molar-refractivity contribution < 1.29 is 23.2 Å². The number of phenols is 1. The maximum Gasteiger partial charge on any atom is 0.283 e. The molecule has 1 aliphatic rings. The molecular weight excluding hydrogens is 410 g/mol. The summed E-state index contributed by atoms with van der Waals surface area (Å²) in [5.74, 6) is -1.25. The summed E-state index contributed by atoms with van der Waals surface area (Å²) < 4.78 is 26.7. The number of benzene rings is 2. The molecule has 0 saturated carbocycles. The van der Waals surface area contributed by atoms with Crippen molar-refractivity contribution in [2.24, 2.45) is 0 Å². The van der Waals surface area contributed by atoms with Crippen LogP contribution >= 0.6 is 11.6 Å². The van der Waals surface area contributed by atoms with Crippen molar-refractivity contribution in [1.82, 2.24) is 4.31 Å². The SMILES string of the molecule is O=C(Nc1cc(S(=O)(=O)N2CCCC2)ccc1O)c1ccc(Cl)cc1[N+](=O)[O-]. The second-order valence-corrected chi connectivity index (χ2v) is 8.54. The highest BCUT2D eigenvalue weighted by Gasteiger charge is 2.28. The lowest BCUT2D eigenvalue weighted by molar-refractivity contribution is -0.385. The van der Waals surface area contributed by atoms with Crippen LogP contribution in [0.4, 0.5) is 11.4 Å². The number of nitro benzene ring substituents is 1. The van der Waals surface area contributed by atoms with Gasteiger partial charge in [0.2, 0.25) is 10.0 Å². The number of rotatable bonds is 5. The number of aromatic hydroxyl groups is 1. The van der Waals surface area contributed by atoms with Crippen molar-refractivity contribution >= 4 is 38.9 Å². The minimum Gasteiger partial charge on any atom is -0.506 e. The molecule has 1 fully saturated rings. The predicted molar refractivity (Wildman–Crippen MR) is 102 cm³/mol. The third kappa shape index (κ3) is 3.93. The van der Waals surface area contributed by atoms with Crippen LogP contribution in [-0.2, 0) is 10.0 Å². The Labute approximate surface area is 165 Å². The molecule has 3 rings (SSSR count). The van der Waals surface area contributed by atoms with Gasteiger partial charge < -0.3 is 10.4 Å². The monoisotopic (exact) mass is 425 g/mol. The van der Waals surface area contributed by atoms with Gasteiger partial charge in [-0.25, -0.2) is 8.42 Å². The van der Waals surface area contributed by atoms with Crippen LogP contribution < -0.4 is 5.32 Å². The number of nitrogens with zero attached hydrogens (tertiary/aromatic N) is 2. The van der Waals surface area contributed by atoms with Crippen molar-refractivity contribution in [2.45, 2.75) is 17.7 Å². The minimum atomic E-state index is -3.76. The molecule has 28 heavy (non-hydrogen) atoms. The Kier molecular flexibility index (Phi) is 5.54. The topological polar surface area (TPSA) is 130 Å². The van der Waals surface area contributed by atoms with E-state index in [1.807, 2.05) is 0 Å². The van der Waals surface area contributed by atoms with E-state index in [0.717, 1.165) is 31.0 Å². The fourth-order valence-electron chi connectivity index (χ4n) is 2.89. The van der Waals surface area contributed by atoms with Crippen LogP contribution in [0.1, 0.15) is 23.2 Å². The van der Waals surface area contributed by atoms with Crippen LogP contribution in [0.25, 0.3) is 0 Å². The minimum absolute atomic E-state index is 0.0878. The lowest BCUT2D eigenvalue weighted by atomic mass is 10.1. The number of nitrogens with one attached hydrogen (secondary N) is 1. The molecular formula is C17H16ClN3O6S. The zero-order valence-electron chi connectivity index (χ0n) is 14.5. The number of sulfonamides is 1. The number of hydrogen-bond acceptors (Lipinski definition) is 6. The van der Waals surface area contributed by atoms with Crippen molar-refractivity contribution in [1.29, 1.82) is 0 Å². The van der Waals surface area contributed by atoms with E-state index in [1.165, 1.54) is 22.5 Å². The number of phenolic OH excluding ortho intramolecular Hbond substituents is 1. The standard InChI is InChI=1S/C17H16ClN3O6S/c18-11-3-5-13(15(9-11)21(24)25)17(23)19-14-10-12(4-6-16(14)22)28(26,27)20-7-1-2-8-20/h3-6,9-10,22H,1-2,7-8H2,(H,19,23). The maximum atomic E-state index is 12.7. The summed E-state index contributed by atoms with van der Waals surface area (Å²) in [5, 5.41) is 23.6. The fourth-order valence-corrected chi connectivity index (χ4v) is 4.60. The zero-order valence-corrected chi connectivity index (χ0v) is 16.0. The predicted octanol–water partition coefficient (Wildman–Crippen LogP) is 2.99. The van der Waals surface area contributed by atoms with Crippen molar-refractivity contribution in [3.63, 3.8) is 0 Å². The molecule has 1 amide bonds. The van der Waals surface area contributed by atoms with Crippen LogP contribution in [0.15, 0.2) is 41.3 Å². The number of nitro groups is 1. The number of anilines is 1. The summed E-state index contributed by atoms with van der Waals surface area (Å²) in [5.41, 5.74) is -0.957. The average molecular weight is 426 g/mol. The summed E-state index contributed by atoms with van der Waals surface area (Å²) in [6.45, 7) is 0.809. The van der Waals surface area contributed by atoms with Gasteiger partial charge in [0.25, 0.3) is 11.6 Å². The normalized spacial score (nSPS) is 14.8. The van der Waals surface area contributed by atoms with Crippen LogP contribution in [0.5, 0.6) is 5.75 Å². The first-order chi connectivity index (χ1) is 13.2. The molecule has 0 unspecified atom stereocenters. The van der Waals surface area contributed by atoms with Crippen LogP contribution in [0, 0.1) is 10.1 Å². The van der Waals surface area contributed by atoms with Gasteiger partial charge in [-0.1, -0.05) is 11.6 Å². The average Bonchev–Trinajstić information content (AvgIpc) is 3.18. The molecule has 11 heteroatoms. The number of carbonyl (C=O) groups excluding carboxylic acids is 1. The Bertz CT molecular complexity index is 1050. The first-order valence-electron chi connectivity index (χ1n) is 8.28. The second-order valence-electron chi connectivity index (χ2n) is 6.16. The van der Waals surface area contributed by atoms with E-state index in [0.29, 0.717) is 13.1 Å². The quantitative estimate of drug-likeness (QED) is 0.430. The van der Waals surface area contributed by atoms with Crippen molar-refractivity contribution in [2.75, 3.05) is 18.4 Å². The third-order valence-electron chi connectivity index (χ3n) is 4.32. The molecule has 148 valence electrons. The number of amides is 1. The lowest BCUT2D eigenvalue weighted by Crippen LogP contribution is -2.28. The van der Waals surface area contributed by atoms with Gasteiger partial charge in [-0.15, -0.1) is 0 Å². The van der Waals surface area contributed by atoms with E-state index in [4.69, 9.17) is 11.6 Å². The Balaban J connectivity index is 1.93. The third-order valence-corrected chi connectivity index (χ3v) is 6.45. The molecule has 2 aromatic rings. The fraction of sp³-hybridized carbons (Fsp3) is 0.235. The molecule has 0 aromatic heterocycles. The zero-order chi connectivity index (χ0) is 20.5. The first kappa shape index (κ1) is 20.1. The first-order valence-corrected chi connectivity index (χ1v) is 10.1. The van der Waals surface area contributed by atoms with Crippen LogP contribution in [0.2, 0.25) is 5.02 Å². The summed E-state index contributed by atoms with van der Waals surface area (Å²) in [6.07, 6.45) is 1.53. The van der Waals surface area contributed by atoms with Gasteiger partial charge in [-0.3, -0.25) is 14.9 Å². The van der Waals surface area contributed by atoms with E-state index in [1.54, 1.807) is 0 Å². The molecule has 0 aliphatic carbocycles. The van der Waals surface area contributed by atoms with Crippen LogP contribution in [-0.4, -0.2) is 41.7 Å². The highest BCUT2D eigenvalue weighted by molar-refractivity contribution is 7.89. The van der Waals surface area contributed by atoms with E-state index < -0.39 is 26.5 Å². The van der Waals surface area contributed by atoms with Gasteiger partial charge in [0.05, 0.1) is 15.5 Å². The largest absolute Gasteiger partial charge is 0.506 e. The van der Waals surface area contributed by atoms with E-state index in [-0.39, 0.29) is 26.9 Å². The lowest BCUT2D eigenvalue weighted by Gasteiger charge is -2.16. The number of halogens is 1. The van der Waals surface area contributed by atoms with Crippen molar-refractivity contribution in [3.05, 3.63) is 57.1 Å². The van der Waals surface area contributed by atoms with Gasteiger partial charge in [0.15, 0.2) is 0 Å². The molecule has 1 heterocycles. The van der Waals surface area contributed by atoms with Gasteiger partial charge in [0, 0.05) is 24.2 Å². The highest BCUT2D eigenvalue weighted by atomic mass is 35.5. The van der Waals surface area contributed by atoms with Gasteiger partial charge in [-0.2, -0.15) is 4.31 Å². The molecule has 0 radical (unpaired) electrons. The molecule has 0 atom stereocenters. The van der Waals surface area contributed by atoms with Gasteiger partial charge in [0.1, 0.15) is 11.3 Å². The summed E-state index contributed by atoms with van der Waals surface area (Å²) in [4.78, 5) is 22.8. The smallest absolute Gasteiger partial charge is 0.283 e. The summed E-state index contributed by atoms with van der Waals surface area (Å²) >= 11 is 5.74. The van der Waals surface area contributed by atoms with Crippen molar-refractivity contribution in [3.8, 4) is 5.75 Å². The molecule has 0 bridgehead atoms.